The Morgan fingerprint density at radius 2 is 1.86 bits per heavy atom. The summed E-state index contributed by atoms with van der Waals surface area (Å²) in [5.74, 6) is -0.621. The van der Waals surface area contributed by atoms with E-state index in [0.29, 0.717) is 11.5 Å². The smallest absolute Gasteiger partial charge is 0.352 e. The van der Waals surface area contributed by atoms with Gasteiger partial charge in [-0.3, -0.25) is 9.59 Å². The minimum absolute atomic E-state index is 0.0173. The maximum atomic E-state index is 12.8. The number of carbonyl (C=O) groups is 2. The molecule has 4 nitrogen and oxygen atoms in total. The summed E-state index contributed by atoms with van der Waals surface area (Å²) in [7, 11) is 0. The highest BCUT2D eigenvalue weighted by Crippen LogP contribution is 2.30. The number of nitrogens with zero attached hydrogens (tertiary/aromatic N) is 1. The van der Waals surface area contributed by atoms with E-state index in [0.717, 1.165) is 23.4 Å². The third kappa shape index (κ3) is 4.96. The normalized spacial score (nSPS) is 17.1. The molecular formula is C22H23F3N2O2. The zero-order valence-corrected chi connectivity index (χ0v) is 16.3. The first-order valence-electron chi connectivity index (χ1n) is 9.49. The van der Waals surface area contributed by atoms with E-state index < -0.39 is 17.7 Å². The van der Waals surface area contributed by atoms with E-state index in [-0.39, 0.29) is 31.3 Å². The number of hydrogen-bond donors (Lipinski definition) is 1. The standard InChI is InChI=1S/C22H23F3N2O2/c1-14(2)16-6-8-19(9-7-16)27-13-17(11-20(27)28)21(29)26-12-15-4-3-5-18(10-15)22(23,24)25/h3-10,14,17H,11-13H2,1-2H3,(H,26,29). The summed E-state index contributed by atoms with van der Waals surface area (Å²) in [4.78, 5) is 26.4. The molecule has 1 aliphatic heterocycles. The summed E-state index contributed by atoms with van der Waals surface area (Å²) in [5, 5.41) is 2.65. The minimum atomic E-state index is -4.43. The van der Waals surface area contributed by atoms with Crippen molar-refractivity contribution in [3.8, 4) is 0 Å². The molecule has 1 unspecified atom stereocenters. The van der Waals surface area contributed by atoms with Crippen LogP contribution in [-0.2, 0) is 22.3 Å². The highest BCUT2D eigenvalue weighted by atomic mass is 19.4. The van der Waals surface area contributed by atoms with Crippen molar-refractivity contribution in [3.05, 3.63) is 65.2 Å². The van der Waals surface area contributed by atoms with Crippen molar-refractivity contribution in [1.29, 1.82) is 0 Å². The molecular weight excluding hydrogens is 381 g/mol. The number of anilines is 1. The van der Waals surface area contributed by atoms with Crippen LogP contribution >= 0.6 is 0 Å². The van der Waals surface area contributed by atoms with E-state index in [2.05, 4.69) is 19.2 Å². The van der Waals surface area contributed by atoms with Crippen molar-refractivity contribution in [2.45, 2.75) is 38.9 Å². The van der Waals surface area contributed by atoms with Gasteiger partial charge in [-0.2, -0.15) is 13.2 Å². The van der Waals surface area contributed by atoms with Crippen LogP contribution in [0.15, 0.2) is 48.5 Å². The molecule has 1 fully saturated rings. The largest absolute Gasteiger partial charge is 0.416 e. The van der Waals surface area contributed by atoms with Gasteiger partial charge in [-0.1, -0.05) is 38.1 Å². The van der Waals surface area contributed by atoms with Gasteiger partial charge in [-0.15, -0.1) is 0 Å². The Kier molecular flexibility index (Phi) is 5.96. The first-order valence-corrected chi connectivity index (χ1v) is 9.49. The van der Waals surface area contributed by atoms with Crippen molar-refractivity contribution < 1.29 is 22.8 Å². The van der Waals surface area contributed by atoms with E-state index in [1.54, 1.807) is 4.90 Å². The number of amides is 2. The van der Waals surface area contributed by atoms with Gasteiger partial charge in [0.1, 0.15) is 0 Å². The number of rotatable bonds is 5. The third-order valence-electron chi connectivity index (χ3n) is 5.09. The Morgan fingerprint density at radius 1 is 1.17 bits per heavy atom. The topological polar surface area (TPSA) is 49.4 Å². The van der Waals surface area contributed by atoms with Crippen LogP contribution in [0, 0.1) is 5.92 Å². The molecule has 0 saturated carbocycles. The summed E-state index contributed by atoms with van der Waals surface area (Å²) in [6.07, 6.45) is -4.34. The zero-order valence-electron chi connectivity index (χ0n) is 16.3. The maximum Gasteiger partial charge on any atom is 0.416 e. The molecule has 0 aromatic heterocycles. The van der Waals surface area contributed by atoms with Crippen molar-refractivity contribution in [2.24, 2.45) is 5.92 Å². The van der Waals surface area contributed by atoms with Crippen molar-refractivity contribution in [3.63, 3.8) is 0 Å². The predicted octanol–water partition coefficient (Wildman–Crippen LogP) is 4.50. The maximum absolute atomic E-state index is 12.8. The van der Waals surface area contributed by atoms with E-state index >= 15 is 0 Å². The van der Waals surface area contributed by atoms with Crippen molar-refractivity contribution >= 4 is 17.5 Å². The van der Waals surface area contributed by atoms with Gasteiger partial charge in [0.05, 0.1) is 11.5 Å². The molecule has 0 radical (unpaired) electrons. The highest BCUT2D eigenvalue weighted by Gasteiger charge is 2.35. The summed E-state index contributed by atoms with van der Waals surface area (Å²) in [6.45, 7) is 4.41. The molecule has 154 valence electrons. The lowest BCUT2D eigenvalue weighted by atomic mass is 10.0. The lowest BCUT2D eigenvalue weighted by molar-refractivity contribution is -0.137. The van der Waals surface area contributed by atoms with Crippen LogP contribution in [0.3, 0.4) is 0 Å². The Labute approximate surface area is 167 Å². The molecule has 2 aromatic rings. The van der Waals surface area contributed by atoms with Crippen LogP contribution in [-0.4, -0.2) is 18.4 Å². The first-order chi connectivity index (χ1) is 13.6. The number of benzene rings is 2. The first kappa shape index (κ1) is 20.9. The van der Waals surface area contributed by atoms with E-state index in [4.69, 9.17) is 0 Å². The summed E-state index contributed by atoms with van der Waals surface area (Å²) < 4.78 is 38.4. The third-order valence-corrected chi connectivity index (χ3v) is 5.09. The number of alkyl halides is 3. The molecule has 3 rings (SSSR count). The van der Waals surface area contributed by atoms with Gasteiger partial charge in [-0.25, -0.2) is 0 Å². The average Bonchev–Trinajstić information content (AvgIpc) is 3.07. The molecule has 1 heterocycles. The summed E-state index contributed by atoms with van der Waals surface area (Å²) in [5.41, 5.74) is 1.51. The fourth-order valence-corrected chi connectivity index (χ4v) is 3.36. The average molecular weight is 404 g/mol. The molecule has 7 heteroatoms. The quantitative estimate of drug-likeness (QED) is 0.798. The summed E-state index contributed by atoms with van der Waals surface area (Å²) in [6, 6.07) is 12.5. The molecule has 0 bridgehead atoms. The molecule has 1 saturated heterocycles. The number of hydrogen-bond acceptors (Lipinski definition) is 2. The van der Waals surface area contributed by atoms with Gasteiger partial charge in [0, 0.05) is 25.2 Å². The second-order valence-corrected chi connectivity index (χ2v) is 7.57. The van der Waals surface area contributed by atoms with Gasteiger partial charge in [-0.05, 0) is 41.3 Å². The Balaban J connectivity index is 1.60. The number of nitrogens with one attached hydrogen (secondary N) is 1. The lowest BCUT2D eigenvalue weighted by Gasteiger charge is -2.18. The van der Waals surface area contributed by atoms with Crippen molar-refractivity contribution in [2.75, 3.05) is 11.4 Å². The Morgan fingerprint density at radius 3 is 2.48 bits per heavy atom. The predicted molar refractivity (Wildman–Crippen MR) is 104 cm³/mol. The van der Waals surface area contributed by atoms with E-state index in [1.165, 1.54) is 12.1 Å². The molecule has 0 spiro atoms. The molecule has 29 heavy (non-hydrogen) atoms. The monoisotopic (exact) mass is 404 g/mol. The lowest BCUT2D eigenvalue weighted by Crippen LogP contribution is -2.32. The zero-order chi connectivity index (χ0) is 21.2. The van der Waals surface area contributed by atoms with Crippen molar-refractivity contribution in [1.82, 2.24) is 5.32 Å². The fourth-order valence-electron chi connectivity index (χ4n) is 3.36. The van der Waals surface area contributed by atoms with E-state index in [1.807, 2.05) is 24.3 Å². The molecule has 0 aliphatic carbocycles. The van der Waals surface area contributed by atoms with Gasteiger partial charge >= 0.3 is 6.18 Å². The Hall–Kier alpha value is -2.83. The van der Waals surface area contributed by atoms with Crippen LogP contribution in [0.2, 0.25) is 0 Å². The number of halogens is 3. The summed E-state index contributed by atoms with van der Waals surface area (Å²) >= 11 is 0. The van der Waals surface area contributed by atoms with Crippen LogP contribution < -0.4 is 10.2 Å². The number of carbonyl (C=O) groups excluding carboxylic acids is 2. The van der Waals surface area contributed by atoms with E-state index in [9.17, 15) is 22.8 Å². The SMILES string of the molecule is CC(C)c1ccc(N2CC(C(=O)NCc3cccc(C(F)(F)F)c3)CC2=O)cc1. The van der Waals surface area contributed by atoms with Gasteiger partial charge in [0.25, 0.3) is 0 Å². The van der Waals surface area contributed by atoms with Gasteiger partial charge in [0.15, 0.2) is 0 Å². The molecule has 1 N–H and O–H groups in total. The second kappa shape index (κ2) is 8.27. The Bertz CT molecular complexity index is 892. The van der Waals surface area contributed by atoms with Crippen LogP contribution in [0.25, 0.3) is 0 Å². The highest BCUT2D eigenvalue weighted by molar-refractivity contribution is 6.00. The van der Waals surface area contributed by atoms with Crippen LogP contribution in [0.5, 0.6) is 0 Å². The van der Waals surface area contributed by atoms with Crippen LogP contribution in [0.4, 0.5) is 18.9 Å². The van der Waals surface area contributed by atoms with Crippen LogP contribution in [0.1, 0.15) is 42.9 Å². The molecule has 1 atom stereocenters. The minimum Gasteiger partial charge on any atom is -0.352 e. The molecule has 2 aromatic carbocycles. The van der Waals surface area contributed by atoms with Gasteiger partial charge < -0.3 is 10.2 Å². The molecule has 2 amide bonds. The molecule has 1 aliphatic rings. The van der Waals surface area contributed by atoms with Gasteiger partial charge in [0.2, 0.25) is 11.8 Å². The second-order valence-electron chi connectivity index (χ2n) is 7.57. The fraction of sp³-hybridized carbons (Fsp3) is 0.364.